The van der Waals surface area contributed by atoms with Crippen molar-refractivity contribution in [3.05, 3.63) is 30.3 Å². The van der Waals surface area contributed by atoms with Crippen molar-refractivity contribution in [1.29, 1.82) is 0 Å². The third kappa shape index (κ3) is 2.78. The van der Waals surface area contributed by atoms with Crippen LogP contribution in [0.1, 0.15) is 51.4 Å². The van der Waals surface area contributed by atoms with E-state index in [1.54, 1.807) is 10.8 Å². The van der Waals surface area contributed by atoms with Crippen LogP contribution in [0.5, 0.6) is 0 Å². The number of rotatable bonds is 3. The second-order valence-electron chi connectivity index (χ2n) is 5.88. The van der Waals surface area contributed by atoms with E-state index in [0.29, 0.717) is 5.92 Å². The second-order valence-corrected chi connectivity index (χ2v) is 9.21. The zero-order chi connectivity index (χ0) is 13.1. The van der Waals surface area contributed by atoms with Crippen LogP contribution in [0.15, 0.2) is 35.2 Å². The third-order valence-electron chi connectivity index (χ3n) is 4.80. The minimum Gasteiger partial charge on any atom is -0.247 e. The molecule has 1 aromatic carbocycles. The first-order chi connectivity index (χ1) is 9.31. The maximum absolute atomic E-state index is 13.0. The zero-order valence-electron chi connectivity index (χ0n) is 11.3. The van der Waals surface area contributed by atoms with Crippen molar-refractivity contribution in [2.24, 2.45) is 5.92 Å². The van der Waals surface area contributed by atoms with Crippen LogP contribution in [0.25, 0.3) is 0 Å². The minimum atomic E-state index is -0.778. The summed E-state index contributed by atoms with van der Waals surface area (Å²) < 4.78 is 13.1. The number of hydrogen-bond acceptors (Lipinski definition) is 2. The Morgan fingerprint density at radius 2 is 1.63 bits per heavy atom. The third-order valence-corrected chi connectivity index (χ3v) is 8.84. The van der Waals surface area contributed by atoms with Crippen molar-refractivity contribution < 1.29 is 4.21 Å². The Balaban J connectivity index is 1.79. The SMILES string of the molecule is O=S(Sc1ccccc1)C12CCCCC1CCCC2. The molecule has 2 fully saturated rings. The predicted molar refractivity (Wildman–Crippen MR) is 83.6 cm³/mol. The van der Waals surface area contributed by atoms with Gasteiger partial charge >= 0.3 is 0 Å². The molecule has 0 saturated heterocycles. The normalized spacial score (nSPS) is 32.5. The van der Waals surface area contributed by atoms with Crippen LogP contribution < -0.4 is 0 Å². The Bertz CT molecular complexity index is 431. The average Bonchev–Trinajstić information content (AvgIpc) is 2.48. The summed E-state index contributed by atoms with van der Waals surface area (Å²) in [4.78, 5) is 1.16. The van der Waals surface area contributed by atoms with E-state index < -0.39 is 9.83 Å². The smallest absolute Gasteiger partial charge is 0.0918 e. The fraction of sp³-hybridized carbons (Fsp3) is 0.625. The van der Waals surface area contributed by atoms with Crippen molar-refractivity contribution >= 4 is 20.6 Å². The maximum Gasteiger partial charge on any atom is 0.0918 e. The highest BCUT2D eigenvalue weighted by Crippen LogP contribution is 2.50. The Hall–Kier alpha value is -0.280. The summed E-state index contributed by atoms with van der Waals surface area (Å²) in [5, 5.41) is 0. The molecule has 0 bridgehead atoms. The maximum atomic E-state index is 13.0. The molecule has 19 heavy (non-hydrogen) atoms. The van der Waals surface area contributed by atoms with E-state index >= 15 is 0 Å². The largest absolute Gasteiger partial charge is 0.247 e. The van der Waals surface area contributed by atoms with Gasteiger partial charge in [-0.2, -0.15) is 0 Å². The molecule has 2 aliphatic carbocycles. The number of hydrogen-bond donors (Lipinski definition) is 0. The van der Waals surface area contributed by atoms with E-state index in [1.807, 2.05) is 18.2 Å². The Morgan fingerprint density at radius 3 is 2.26 bits per heavy atom. The lowest BCUT2D eigenvalue weighted by molar-refractivity contribution is 0.200. The lowest BCUT2D eigenvalue weighted by Crippen LogP contribution is -2.45. The first-order valence-corrected chi connectivity index (χ1v) is 9.95. The van der Waals surface area contributed by atoms with Gasteiger partial charge in [-0.3, -0.25) is 0 Å². The van der Waals surface area contributed by atoms with E-state index in [-0.39, 0.29) is 4.75 Å². The second kappa shape index (κ2) is 6.01. The van der Waals surface area contributed by atoms with Crippen molar-refractivity contribution in [2.75, 3.05) is 0 Å². The molecule has 0 spiro atoms. The molecule has 1 unspecified atom stereocenters. The van der Waals surface area contributed by atoms with E-state index in [1.165, 1.54) is 51.4 Å². The summed E-state index contributed by atoms with van der Waals surface area (Å²) in [6.07, 6.45) is 10.2. The van der Waals surface area contributed by atoms with E-state index in [9.17, 15) is 4.21 Å². The van der Waals surface area contributed by atoms with Crippen molar-refractivity contribution in [3.8, 4) is 0 Å². The van der Waals surface area contributed by atoms with E-state index in [4.69, 9.17) is 0 Å². The van der Waals surface area contributed by atoms with Gasteiger partial charge in [0, 0.05) is 4.90 Å². The van der Waals surface area contributed by atoms with Crippen LogP contribution in [-0.4, -0.2) is 8.96 Å². The van der Waals surface area contributed by atoms with Gasteiger partial charge in [0.15, 0.2) is 0 Å². The Morgan fingerprint density at radius 1 is 1.00 bits per heavy atom. The molecule has 0 amide bonds. The van der Waals surface area contributed by atoms with Crippen molar-refractivity contribution in [2.45, 2.75) is 61.0 Å². The molecule has 104 valence electrons. The molecule has 3 heteroatoms. The average molecular weight is 294 g/mol. The van der Waals surface area contributed by atoms with E-state index in [2.05, 4.69) is 12.1 Å². The minimum absolute atomic E-state index is 0.122. The highest BCUT2D eigenvalue weighted by Gasteiger charge is 2.47. The molecule has 2 aliphatic rings. The molecule has 0 heterocycles. The van der Waals surface area contributed by atoms with Crippen molar-refractivity contribution in [3.63, 3.8) is 0 Å². The predicted octanol–water partition coefficient (Wildman–Crippen LogP) is 4.95. The molecule has 1 nitrogen and oxygen atoms in total. The molecule has 2 saturated carbocycles. The molecule has 0 aliphatic heterocycles. The summed E-state index contributed by atoms with van der Waals surface area (Å²) in [6.45, 7) is 0. The van der Waals surface area contributed by atoms with Crippen molar-refractivity contribution in [1.82, 2.24) is 0 Å². The summed E-state index contributed by atoms with van der Waals surface area (Å²) in [7, 11) is 0.821. The topological polar surface area (TPSA) is 17.1 Å². The standard InChI is InChI=1S/C16H22OS2/c17-19(18-15-10-2-1-3-11-15)16-12-6-4-8-14(16)9-5-7-13-16/h1-3,10-11,14H,4-9,12-13H2. The van der Waals surface area contributed by atoms with Gasteiger partial charge < -0.3 is 0 Å². The van der Waals surface area contributed by atoms with Crippen LogP contribution in [0.3, 0.4) is 0 Å². The molecular weight excluding hydrogens is 272 g/mol. The van der Waals surface area contributed by atoms with E-state index in [0.717, 1.165) is 4.90 Å². The van der Waals surface area contributed by atoms with Crippen LogP contribution in [0.4, 0.5) is 0 Å². The summed E-state index contributed by atoms with van der Waals surface area (Å²) in [5.41, 5.74) is 0. The van der Waals surface area contributed by atoms with Gasteiger partial charge in [-0.05, 0) is 54.5 Å². The first kappa shape index (κ1) is 13.7. The van der Waals surface area contributed by atoms with Gasteiger partial charge in [-0.25, -0.2) is 4.21 Å². The lowest BCUT2D eigenvalue weighted by Gasteiger charge is -2.46. The van der Waals surface area contributed by atoms with Crippen LogP contribution in [0, 0.1) is 5.92 Å². The monoisotopic (exact) mass is 294 g/mol. The van der Waals surface area contributed by atoms with Gasteiger partial charge in [0.05, 0.1) is 14.6 Å². The van der Waals surface area contributed by atoms with Gasteiger partial charge in [0.1, 0.15) is 0 Å². The highest BCUT2D eigenvalue weighted by molar-refractivity contribution is 8.69. The fourth-order valence-corrected chi connectivity index (χ4v) is 7.79. The molecule has 1 aromatic rings. The summed E-state index contributed by atoms with van der Waals surface area (Å²) in [6, 6.07) is 10.3. The number of benzene rings is 1. The molecule has 0 N–H and O–H groups in total. The van der Waals surface area contributed by atoms with Gasteiger partial charge in [0.25, 0.3) is 0 Å². The van der Waals surface area contributed by atoms with Crippen LogP contribution in [0.2, 0.25) is 0 Å². The number of fused-ring (bicyclic) bond motifs is 1. The molecular formula is C16H22OS2. The molecule has 1 atom stereocenters. The molecule has 0 aromatic heterocycles. The molecule has 3 rings (SSSR count). The zero-order valence-corrected chi connectivity index (χ0v) is 13.0. The highest BCUT2D eigenvalue weighted by atomic mass is 33.1. The van der Waals surface area contributed by atoms with Gasteiger partial charge in [-0.1, -0.05) is 43.9 Å². The first-order valence-electron chi connectivity index (χ1n) is 7.46. The summed E-state index contributed by atoms with van der Waals surface area (Å²) >= 11 is 0. The Labute approximate surface area is 122 Å². The van der Waals surface area contributed by atoms with Crippen LogP contribution >= 0.6 is 10.8 Å². The van der Waals surface area contributed by atoms with Crippen LogP contribution in [-0.2, 0) is 9.83 Å². The molecule has 0 radical (unpaired) electrons. The Kier molecular flexibility index (Phi) is 4.33. The lowest BCUT2D eigenvalue weighted by atomic mass is 9.70. The van der Waals surface area contributed by atoms with Gasteiger partial charge in [0.2, 0.25) is 0 Å². The quantitative estimate of drug-likeness (QED) is 0.734. The van der Waals surface area contributed by atoms with Gasteiger partial charge in [-0.15, -0.1) is 0 Å². The fourth-order valence-electron chi connectivity index (χ4n) is 3.78. The summed E-state index contributed by atoms with van der Waals surface area (Å²) in [5.74, 6) is 0.715.